The highest BCUT2D eigenvalue weighted by atomic mass is 16.3. The second-order valence-electron chi connectivity index (χ2n) is 11.9. The molecule has 6 nitrogen and oxygen atoms in total. The highest BCUT2D eigenvalue weighted by Crippen LogP contribution is 2.21. The van der Waals surface area contributed by atoms with Crippen molar-refractivity contribution < 1.29 is 15.3 Å². The van der Waals surface area contributed by atoms with Gasteiger partial charge in [0, 0.05) is 36.7 Å². The van der Waals surface area contributed by atoms with Crippen molar-refractivity contribution in [3.63, 3.8) is 0 Å². The maximum absolute atomic E-state index is 9.84. The molecule has 0 bridgehead atoms. The molecular formula is C39H63N3O3. The van der Waals surface area contributed by atoms with E-state index in [2.05, 4.69) is 82.0 Å². The van der Waals surface area contributed by atoms with Crippen molar-refractivity contribution in [3.8, 4) is 0 Å². The van der Waals surface area contributed by atoms with Gasteiger partial charge in [-0.2, -0.15) is 0 Å². The molecule has 0 heterocycles. The standard InChI is InChI=1S/C15H25NO.C13H21NO.C11H17NO/c1-4-5-6-7-11-16(14(3)17)15-10-8-9-13(2)12-15;1-4-5-9-14(12(3)15)13-8-6-7-11(2)10-13;1-4-12(10(3)13)11-8-6-5-7-9(11)2/h8-10,12,14,17H,4-7,11H2,1-3H3;6-8,10,12,15H,4-5,9H2,1-3H3;5-8,10,13H,4H2,1-3H3. The number of para-hydroxylation sites is 1. The van der Waals surface area contributed by atoms with Gasteiger partial charge in [-0.3, -0.25) is 0 Å². The van der Waals surface area contributed by atoms with Crippen LogP contribution in [0.4, 0.5) is 17.1 Å². The molecule has 0 radical (unpaired) electrons. The lowest BCUT2D eigenvalue weighted by atomic mass is 10.1. The summed E-state index contributed by atoms with van der Waals surface area (Å²) in [6.07, 6.45) is 5.91. The summed E-state index contributed by atoms with van der Waals surface area (Å²) in [5, 5.41) is 29.1. The highest BCUT2D eigenvalue weighted by molar-refractivity contribution is 5.53. The van der Waals surface area contributed by atoms with Crippen LogP contribution in [0, 0.1) is 20.8 Å². The smallest absolute Gasteiger partial charge is 0.124 e. The minimum Gasteiger partial charge on any atom is -0.374 e. The van der Waals surface area contributed by atoms with Crippen LogP contribution in [-0.2, 0) is 0 Å². The number of aliphatic hydroxyl groups excluding tert-OH is 3. The summed E-state index contributed by atoms with van der Waals surface area (Å²) in [6.45, 7) is 20.7. The second-order valence-corrected chi connectivity index (χ2v) is 11.9. The summed E-state index contributed by atoms with van der Waals surface area (Å²) >= 11 is 0. The van der Waals surface area contributed by atoms with E-state index in [-0.39, 0.29) is 0 Å². The Morgan fingerprint density at radius 3 is 1.40 bits per heavy atom. The van der Waals surface area contributed by atoms with Gasteiger partial charge in [0.2, 0.25) is 0 Å². The van der Waals surface area contributed by atoms with Gasteiger partial charge in [0.25, 0.3) is 0 Å². The number of nitrogens with zero attached hydrogens (tertiary/aromatic N) is 3. The van der Waals surface area contributed by atoms with Crippen molar-refractivity contribution in [3.05, 3.63) is 89.5 Å². The topological polar surface area (TPSA) is 70.4 Å². The van der Waals surface area contributed by atoms with Crippen molar-refractivity contribution in [2.24, 2.45) is 0 Å². The quantitative estimate of drug-likeness (QED) is 0.116. The first-order valence-electron chi connectivity index (χ1n) is 17.0. The van der Waals surface area contributed by atoms with Crippen LogP contribution < -0.4 is 14.7 Å². The lowest BCUT2D eigenvalue weighted by Gasteiger charge is -2.28. The third kappa shape index (κ3) is 15.2. The number of anilines is 3. The lowest BCUT2D eigenvalue weighted by Crippen LogP contribution is -2.33. The van der Waals surface area contributed by atoms with Gasteiger partial charge in [-0.25, -0.2) is 0 Å². The number of unbranched alkanes of at least 4 members (excludes halogenated alkanes) is 4. The SMILES string of the molecule is CCCCCCN(c1cccc(C)c1)C(C)O.CCCCN(c1cccc(C)c1)C(C)O.CCN(c1ccccc1C)C(C)O. The number of aryl methyl sites for hydroxylation is 3. The fourth-order valence-corrected chi connectivity index (χ4v) is 5.24. The Morgan fingerprint density at radius 1 is 0.533 bits per heavy atom. The van der Waals surface area contributed by atoms with E-state index in [9.17, 15) is 15.3 Å². The summed E-state index contributed by atoms with van der Waals surface area (Å²) in [5.41, 5.74) is 7.01. The first-order valence-corrected chi connectivity index (χ1v) is 17.0. The van der Waals surface area contributed by atoms with E-state index in [1.54, 1.807) is 6.92 Å². The zero-order valence-corrected chi connectivity index (χ0v) is 29.7. The van der Waals surface area contributed by atoms with Crippen LogP contribution in [0.15, 0.2) is 72.8 Å². The summed E-state index contributed by atoms with van der Waals surface area (Å²) < 4.78 is 0. The molecule has 0 saturated carbocycles. The molecule has 0 aromatic heterocycles. The van der Waals surface area contributed by atoms with Gasteiger partial charge >= 0.3 is 0 Å². The Kier molecular flexibility index (Phi) is 19.9. The molecule has 6 heteroatoms. The van der Waals surface area contributed by atoms with Crippen LogP contribution in [0.2, 0.25) is 0 Å². The Morgan fingerprint density at radius 2 is 1.00 bits per heavy atom. The molecule has 3 aromatic carbocycles. The monoisotopic (exact) mass is 621 g/mol. The molecule has 3 unspecified atom stereocenters. The second kappa shape index (κ2) is 22.4. The van der Waals surface area contributed by atoms with Crippen molar-refractivity contribution in [2.45, 2.75) is 120 Å². The highest BCUT2D eigenvalue weighted by Gasteiger charge is 2.12. The first kappa shape index (κ1) is 40.0. The van der Waals surface area contributed by atoms with Crippen molar-refractivity contribution in [1.29, 1.82) is 0 Å². The molecule has 0 spiro atoms. The van der Waals surface area contributed by atoms with Crippen molar-refractivity contribution >= 4 is 17.1 Å². The lowest BCUT2D eigenvalue weighted by molar-refractivity contribution is 0.187. The zero-order chi connectivity index (χ0) is 33.8. The van der Waals surface area contributed by atoms with Crippen LogP contribution in [0.25, 0.3) is 0 Å². The largest absolute Gasteiger partial charge is 0.374 e. The predicted molar refractivity (Wildman–Crippen MR) is 195 cm³/mol. The van der Waals surface area contributed by atoms with E-state index in [0.717, 1.165) is 56.0 Å². The van der Waals surface area contributed by atoms with Crippen LogP contribution in [0.3, 0.4) is 0 Å². The van der Waals surface area contributed by atoms with E-state index in [4.69, 9.17) is 0 Å². The molecule has 252 valence electrons. The average Bonchev–Trinajstić information content (AvgIpc) is 2.99. The summed E-state index contributed by atoms with van der Waals surface area (Å²) in [6, 6.07) is 24.7. The minimum absolute atomic E-state index is 0.418. The molecule has 45 heavy (non-hydrogen) atoms. The van der Waals surface area contributed by atoms with Gasteiger partial charge in [0.1, 0.15) is 18.7 Å². The van der Waals surface area contributed by atoms with Crippen LogP contribution in [0.1, 0.15) is 96.8 Å². The number of benzene rings is 3. The van der Waals surface area contributed by atoms with Gasteiger partial charge < -0.3 is 30.0 Å². The van der Waals surface area contributed by atoms with Crippen LogP contribution in [0.5, 0.6) is 0 Å². The van der Waals surface area contributed by atoms with E-state index in [0.29, 0.717) is 0 Å². The molecule has 0 aliphatic rings. The molecule has 3 atom stereocenters. The maximum Gasteiger partial charge on any atom is 0.124 e. The third-order valence-electron chi connectivity index (χ3n) is 7.79. The van der Waals surface area contributed by atoms with E-state index >= 15 is 0 Å². The minimum atomic E-state index is -0.425. The molecule has 0 aliphatic carbocycles. The Labute approximate surface area is 275 Å². The van der Waals surface area contributed by atoms with Gasteiger partial charge in [0.05, 0.1) is 0 Å². The Hall–Kier alpha value is -3.06. The number of aliphatic hydroxyl groups is 3. The fraction of sp³-hybridized carbons (Fsp3) is 0.538. The fourth-order valence-electron chi connectivity index (χ4n) is 5.24. The molecule has 3 rings (SSSR count). The molecule has 0 saturated heterocycles. The van der Waals surface area contributed by atoms with Crippen molar-refractivity contribution in [1.82, 2.24) is 0 Å². The summed E-state index contributed by atoms with van der Waals surface area (Å²) in [7, 11) is 0. The summed E-state index contributed by atoms with van der Waals surface area (Å²) in [5.74, 6) is 0. The van der Waals surface area contributed by atoms with Gasteiger partial charge in [-0.1, -0.05) is 82.0 Å². The van der Waals surface area contributed by atoms with E-state index < -0.39 is 18.7 Å². The molecular weight excluding hydrogens is 558 g/mol. The van der Waals surface area contributed by atoms with E-state index in [1.165, 1.54) is 36.0 Å². The van der Waals surface area contributed by atoms with Gasteiger partial charge in [-0.05, 0) is 108 Å². The number of hydrogen-bond donors (Lipinski definition) is 3. The van der Waals surface area contributed by atoms with Crippen LogP contribution >= 0.6 is 0 Å². The summed E-state index contributed by atoms with van der Waals surface area (Å²) in [4.78, 5) is 6.08. The normalized spacial score (nSPS) is 12.5. The predicted octanol–water partition coefficient (Wildman–Crippen LogP) is 8.82. The first-order chi connectivity index (χ1) is 21.5. The molecule has 0 amide bonds. The Bertz CT molecular complexity index is 1180. The van der Waals surface area contributed by atoms with E-state index in [1.807, 2.05) is 60.9 Å². The van der Waals surface area contributed by atoms with Crippen molar-refractivity contribution in [2.75, 3.05) is 34.3 Å². The van der Waals surface area contributed by atoms with Gasteiger partial charge in [-0.15, -0.1) is 0 Å². The number of hydrogen-bond acceptors (Lipinski definition) is 6. The third-order valence-corrected chi connectivity index (χ3v) is 7.79. The maximum atomic E-state index is 9.84. The van der Waals surface area contributed by atoms with Gasteiger partial charge in [0.15, 0.2) is 0 Å². The van der Waals surface area contributed by atoms with Crippen LogP contribution in [-0.4, -0.2) is 53.6 Å². The average molecular weight is 622 g/mol. The molecule has 3 aromatic rings. The molecule has 0 fully saturated rings. The molecule has 0 aliphatic heterocycles. The molecule has 3 N–H and O–H groups in total. The zero-order valence-electron chi connectivity index (χ0n) is 29.7. The number of rotatable bonds is 15. The Balaban J connectivity index is 0.000000341.